The van der Waals surface area contributed by atoms with Crippen LogP contribution in [0.4, 0.5) is 18.9 Å². The highest BCUT2D eigenvalue weighted by Gasteiger charge is 2.39. The lowest BCUT2D eigenvalue weighted by Crippen LogP contribution is -2.20. The number of nitrogen functional groups attached to an aromatic ring is 1. The molecule has 0 saturated carbocycles. The summed E-state index contributed by atoms with van der Waals surface area (Å²) >= 11 is 6.00. The van der Waals surface area contributed by atoms with Crippen molar-refractivity contribution in [1.82, 2.24) is 0 Å². The number of halogens is 5. The third-order valence-corrected chi connectivity index (χ3v) is 3.04. The Morgan fingerprint density at radius 3 is 1.93 bits per heavy atom. The minimum Gasteiger partial charge on any atom is -0.397 e. The van der Waals surface area contributed by atoms with Crippen LogP contribution in [-0.2, 0) is 0 Å². The van der Waals surface area contributed by atoms with E-state index < -0.39 is 12.3 Å². The molecule has 0 amide bonds. The molecule has 0 fully saturated rings. The highest BCUT2D eigenvalue weighted by molar-refractivity contribution is 9.11. The summed E-state index contributed by atoms with van der Waals surface area (Å²) in [5, 5.41) is 8.99. The van der Waals surface area contributed by atoms with Crippen LogP contribution in [0, 0.1) is 0 Å². The van der Waals surface area contributed by atoms with E-state index in [2.05, 4.69) is 31.9 Å². The van der Waals surface area contributed by atoms with E-state index in [4.69, 9.17) is 10.8 Å². The van der Waals surface area contributed by atoms with Gasteiger partial charge in [-0.25, -0.2) is 0 Å². The van der Waals surface area contributed by atoms with Crippen molar-refractivity contribution in [3.8, 4) is 0 Å². The Balaban J connectivity index is 3.17. The van der Waals surface area contributed by atoms with Gasteiger partial charge < -0.3 is 10.8 Å². The van der Waals surface area contributed by atoms with Crippen LogP contribution in [0.25, 0.3) is 0 Å². The Kier molecular flexibility index (Phi) is 3.67. The van der Waals surface area contributed by atoms with Crippen LogP contribution in [0.15, 0.2) is 21.1 Å². The summed E-state index contributed by atoms with van der Waals surface area (Å²) in [6.07, 6.45) is -7.19. The molecule has 1 aromatic carbocycles. The Bertz CT molecular complexity index is 358. The number of rotatable bonds is 1. The molecule has 1 unspecified atom stereocenters. The average molecular weight is 349 g/mol. The molecule has 0 aliphatic heterocycles. The highest BCUT2D eigenvalue weighted by Crippen LogP contribution is 2.37. The predicted molar refractivity (Wildman–Crippen MR) is 57.3 cm³/mol. The standard InChI is InChI=1S/C8H6Br2F3NO/c9-4-1-3(2-5(10)6(4)14)7(15)8(11,12)13/h1-2,7,15H,14H2. The Hall–Kier alpha value is -0.270. The van der Waals surface area contributed by atoms with E-state index in [-0.39, 0.29) is 11.3 Å². The summed E-state index contributed by atoms with van der Waals surface area (Å²) in [5.74, 6) is 0. The molecule has 3 N–H and O–H groups in total. The molecular formula is C8H6Br2F3NO. The van der Waals surface area contributed by atoms with E-state index in [1.807, 2.05) is 0 Å². The fraction of sp³-hybridized carbons (Fsp3) is 0.250. The molecule has 0 aliphatic carbocycles. The molecule has 1 rings (SSSR count). The molecule has 15 heavy (non-hydrogen) atoms. The van der Waals surface area contributed by atoms with Crippen molar-refractivity contribution >= 4 is 37.5 Å². The van der Waals surface area contributed by atoms with Gasteiger partial charge in [-0.1, -0.05) is 0 Å². The third kappa shape index (κ3) is 2.85. The SMILES string of the molecule is Nc1c(Br)cc(C(O)C(F)(F)F)cc1Br. The summed E-state index contributed by atoms with van der Waals surface area (Å²) in [6.45, 7) is 0. The zero-order valence-electron chi connectivity index (χ0n) is 7.15. The second-order valence-corrected chi connectivity index (χ2v) is 4.55. The van der Waals surface area contributed by atoms with Gasteiger partial charge in [0.2, 0.25) is 0 Å². The molecule has 0 bridgehead atoms. The maximum atomic E-state index is 12.2. The van der Waals surface area contributed by atoms with Gasteiger partial charge in [-0.05, 0) is 49.6 Å². The van der Waals surface area contributed by atoms with Crippen LogP contribution in [0.5, 0.6) is 0 Å². The molecule has 0 aromatic heterocycles. The Morgan fingerprint density at radius 2 is 1.60 bits per heavy atom. The molecule has 2 nitrogen and oxygen atoms in total. The monoisotopic (exact) mass is 347 g/mol. The summed E-state index contributed by atoms with van der Waals surface area (Å²) < 4.78 is 37.2. The molecule has 0 aliphatic rings. The Labute approximate surface area is 101 Å². The fourth-order valence-electron chi connectivity index (χ4n) is 0.951. The lowest BCUT2D eigenvalue weighted by atomic mass is 10.1. The van der Waals surface area contributed by atoms with E-state index in [1.165, 1.54) is 0 Å². The van der Waals surface area contributed by atoms with Gasteiger partial charge in [0.15, 0.2) is 6.10 Å². The van der Waals surface area contributed by atoms with Gasteiger partial charge in [-0.15, -0.1) is 0 Å². The first-order chi connectivity index (χ1) is 6.73. The lowest BCUT2D eigenvalue weighted by Gasteiger charge is -2.16. The van der Waals surface area contributed by atoms with E-state index in [0.29, 0.717) is 8.95 Å². The van der Waals surface area contributed by atoms with Gasteiger partial charge in [0.1, 0.15) is 0 Å². The van der Waals surface area contributed by atoms with Crippen molar-refractivity contribution in [2.75, 3.05) is 5.73 Å². The number of nitrogens with two attached hydrogens (primary N) is 1. The van der Waals surface area contributed by atoms with Crippen LogP contribution in [0.3, 0.4) is 0 Å². The fourth-order valence-corrected chi connectivity index (χ4v) is 2.17. The second-order valence-electron chi connectivity index (χ2n) is 2.84. The maximum absolute atomic E-state index is 12.2. The van der Waals surface area contributed by atoms with Crippen molar-refractivity contribution in [1.29, 1.82) is 0 Å². The van der Waals surface area contributed by atoms with Crippen LogP contribution >= 0.6 is 31.9 Å². The van der Waals surface area contributed by atoms with Crippen molar-refractivity contribution in [3.63, 3.8) is 0 Å². The van der Waals surface area contributed by atoms with E-state index >= 15 is 0 Å². The van der Waals surface area contributed by atoms with Crippen molar-refractivity contribution in [2.45, 2.75) is 12.3 Å². The largest absolute Gasteiger partial charge is 0.418 e. The van der Waals surface area contributed by atoms with E-state index in [9.17, 15) is 13.2 Å². The van der Waals surface area contributed by atoms with Gasteiger partial charge >= 0.3 is 6.18 Å². The highest BCUT2D eigenvalue weighted by atomic mass is 79.9. The second kappa shape index (κ2) is 4.31. The van der Waals surface area contributed by atoms with Crippen molar-refractivity contribution < 1.29 is 18.3 Å². The first-order valence-corrected chi connectivity index (χ1v) is 5.31. The lowest BCUT2D eigenvalue weighted by molar-refractivity contribution is -0.206. The number of benzene rings is 1. The summed E-state index contributed by atoms with van der Waals surface area (Å²) in [4.78, 5) is 0. The number of alkyl halides is 3. The van der Waals surface area contributed by atoms with E-state index in [0.717, 1.165) is 12.1 Å². The minimum absolute atomic E-state index is 0.268. The summed E-state index contributed by atoms with van der Waals surface area (Å²) in [7, 11) is 0. The smallest absolute Gasteiger partial charge is 0.397 e. The minimum atomic E-state index is -4.69. The average Bonchev–Trinajstić information content (AvgIpc) is 2.10. The van der Waals surface area contributed by atoms with Gasteiger partial charge in [-0.3, -0.25) is 0 Å². The van der Waals surface area contributed by atoms with Crippen LogP contribution in [0.1, 0.15) is 11.7 Å². The molecular weight excluding hydrogens is 343 g/mol. The zero-order valence-corrected chi connectivity index (χ0v) is 10.3. The number of hydrogen-bond acceptors (Lipinski definition) is 2. The van der Waals surface area contributed by atoms with Gasteiger partial charge in [0.05, 0.1) is 5.69 Å². The number of aliphatic hydroxyl groups is 1. The number of anilines is 1. The molecule has 1 aromatic rings. The molecule has 0 heterocycles. The van der Waals surface area contributed by atoms with Crippen LogP contribution < -0.4 is 5.73 Å². The molecule has 1 atom stereocenters. The Morgan fingerprint density at radius 1 is 1.20 bits per heavy atom. The summed E-state index contributed by atoms with van der Waals surface area (Å²) in [5.41, 5.74) is 5.52. The first kappa shape index (κ1) is 12.8. The quantitative estimate of drug-likeness (QED) is 0.764. The van der Waals surface area contributed by atoms with Gasteiger partial charge in [0, 0.05) is 8.95 Å². The van der Waals surface area contributed by atoms with Gasteiger partial charge in [0.25, 0.3) is 0 Å². The number of aliphatic hydroxyl groups excluding tert-OH is 1. The van der Waals surface area contributed by atoms with Crippen LogP contribution in [0.2, 0.25) is 0 Å². The normalized spacial score (nSPS) is 14.0. The van der Waals surface area contributed by atoms with Crippen LogP contribution in [-0.4, -0.2) is 11.3 Å². The molecule has 0 spiro atoms. The predicted octanol–water partition coefficient (Wildman–Crippen LogP) is 3.39. The molecule has 0 saturated heterocycles. The zero-order chi connectivity index (χ0) is 11.8. The third-order valence-electron chi connectivity index (χ3n) is 1.73. The van der Waals surface area contributed by atoms with Crippen molar-refractivity contribution in [3.05, 3.63) is 26.6 Å². The topological polar surface area (TPSA) is 46.2 Å². The first-order valence-electron chi connectivity index (χ1n) is 3.72. The molecule has 7 heteroatoms. The van der Waals surface area contributed by atoms with Gasteiger partial charge in [-0.2, -0.15) is 13.2 Å². The van der Waals surface area contributed by atoms with Crippen molar-refractivity contribution in [2.24, 2.45) is 0 Å². The van der Waals surface area contributed by atoms with E-state index in [1.54, 1.807) is 0 Å². The number of hydrogen-bond donors (Lipinski definition) is 2. The molecule has 0 radical (unpaired) electrons. The summed E-state index contributed by atoms with van der Waals surface area (Å²) in [6, 6.07) is 2.27. The molecule has 84 valence electrons. The maximum Gasteiger partial charge on any atom is 0.418 e.